The van der Waals surface area contributed by atoms with Crippen molar-refractivity contribution < 1.29 is 26.4 Å². The molecule has 9 heteroatoms. The monoisotopic (exact) mass is 362 g/mol. The van der Waals surface area contributed by atoms with Crippen LogP contribution in [0.15, 0.2) is 17.0 Å². The van der Waals surface area contributed by atoms with E-state index in [9.17, 15) is 26.4 Å². The number of nitrogens with zero attached hydrogens (tertiary/aromatic N) is 2. The molecule has 5 nitrogen and oxygen atoms in total. The molecule has 0 aromatic heterocycles. The molecule has 0 bridgehead atoms. The van der Waals surface area contributed by atoms with Crippen molar-refractivity contribution in [3.8, 4) is 0 Å². The molecule has 3 rings (SSSR count). The molecule has 1 saturated heterocycles. The van der Waals surface area contributed by atoms with E-state index in [1.165, 1.54) is 0 Å². The van der Waals surface area contributed by atoms with E-state index in [0.29, 0.717) is 18.1 Å². The van der Waals surface area contributed by atoms with Gasteiger partial charge in [0.2, 0.25) is 15.9 Å². The van der Waals surface area contributed by atoms with Gasteiger partial charge in [0.25, 0.3) is 0 Å². The molecule has 1 aliphatic heterocycles. The van der Waals surface area contributed by atoms with Gasteiger partial charge in [-0.2, -0.15) is 4.31 Å². The van der Waals surface area contributed by atoms with Gasteiger partial charge in [-0.05, 0) is 24.5 Å². The smallest absolute Gasteiger partial charge is 0.246 e. The van der Waals surface area contributed by atoms with E-state index in [0.717, 1.165) is 10.7 Å². The summed E-state index contributed by atoms with van der Waals surface area (Å²) in [6, 6.07) is 1.30. The summed E-state index contributed by atoms with van der Waals surface area (Å²) in [7, 11) is -4.28. The quantitative estimate of drug-likeness (QED) is 0.768. The average molecular weight is 362 g/mol. The van der Waals surface area contributed by atoms with Gasteiger partial charge in [-0.25, -0.2) is 21.6 Å². The maximum absolute atomic E-state index is 13.8. The molecule has 0 spiro atoms. The minimum atomic E-state index is -4.28. The summed E-state index contributed by atoms with van der Waals surface area (Å²) in [4.78, 5) is 12.8. The van der Waals surface area contributed by atoms with E-state index in [1.54, 1.807) is 4.90 Å². The Bertz CT molecular complexity index is 776. The zero-order valence-electron chi connectivity index (χ0n) is 13.0. The summed E-state index contributed by atoms with van der Waals surface area (Å²) in [6.45, 7) is 2.37. The number of piperazine rings is 1. The standard InChI is InChI=1S/C15H17F3N2O3S/c1-9-8-10(9)15(21)19-4-6-20(7-5-19)24(22,23)12-3-2-11(16)13(17)14(12)18/h2-3,9-10H,4-8H2,1H3/t9-,10+/m0/s1. The molecule has 24 heavy (non-hydrogen) atoms. The van der Waals surface area contributed by atoms with Crippen LogP contribution in [0.1, 0.15) is 13.3 Å². The van der Waals surface area contributed by atoms with E-state index in [2.05, 4.69) is 0 Å². The molecule has 1 amide bonds. The zero-order chi connectivity index (χ0) is 17.6. The van der Waals surface area contributed by atoms with Crippen LogP contribution in [0.3, 0.4) is 0 Å². The Balaban J connectivity index is 1.73. The molecular weight excluding hydrogens is 345 g/mol. The normalized spacial score (nSPS) is 24.9. The lowest BCUT2D eigenvalue weighted by Crippen LogP contribution is -2.51. The van der Waals surface area contributed by atoms with Crippen LogP contribution in [0.4, 0.5) is 13.2 Å². The van der Waals surface area contributed by atoms with Gasteiger partial charge >= 0.3 is 0 Å². The number of carbonyl (C=O) groups is 1. The molecule has 1 heterocycles. The summed E-state index contributed by atoms with van der Waals surface area (Å²) < 4.78 is 65.9. The third-order valence-electron chi connectivity index (χ3n) is 4.59. The van der Waals surface area contributed by atoms with Crippen LogP contribution in [0.5, 0.6) is 0 Å². The molecule has 1 aromatic rings. The molecule has 132 valence electrons. The van der Waals surface area contributed by atoms with Gasteiger partial charge in [-0.1, -0.05) is 6.92 Å². The SMILES string of the molecule is C[C@H]1C[C@H]1C(=O)N1CCN(S(=O)(=O)c2ccc(F)c(F)c2F)CC1. The van der Waals surface area contributed by atoms with Crippen LogP contribution in [0.25, 0.3) is 0 Å². The molecule has 2 atom stereocenters. The highest BCUT2D eigenvalue weighted by Crippen LogP contribution is 2.39. The van der Waals surface area contributed by atoms with Crippen LogP contribution in [-0.4, -0.2) is 49.7 Å². The van der Waals surface area contributed by atoms with Gasteiger partial charge in [0, 0.05) is 32.1 Å². The van der Waals surface area contributed by atoms with E-state index in [4.69, 9.17) is 0 Å². The summed E-state index contributed by atoms with van der Waals surface area (Å²) >= 11 is 0. The number of hydrogen-bond donors (Lipinski definition) is 0. The van der Waals surface area contributed by atoms with Gasteiger partial charge < -0.3 is 4.90 Å². The Morgan fingerprint density at radius 2 is 1.67 bits per heavy atom. The van der Waals surface area contributed by atoms with Crippen molar-refractivity contribution in [2.75, 3.05) is 26.2 Å². The highest BCUT2D eigenvalue weighted by atomic mass is 32.2. The highest BCUT2D eigenvalue weighted by molar-refractivity contribution is 7.89. The first-order valence-electron chi connectivity index (χ1n) is 7.66. The number of sulfonamides is 1. The average Bonchev–Trinajstić information content (AvgIpc) is 3.28. The second-order valence-corrected chi connectivity index (χ2v) is 8.13. The number of benzene rings is 1. The van der Waals surface area contributed by atoms with Gasteiger partial charge in [-0.15, -0.1) is 0 Å². The van der Waals surface area contributed by atoms with Crippen LogP contribution >= 0.6 is 0 Å². The highest BCUT2D eigenvalue weighted by Gasteiger charge is 2.43. The number of amides is 1. The molecule has 0 N–H and O–H groups in total. The van der Waals surface area contributed by atoms with Crippen molar-refractivity contribution in [3.05, 3.63) is 29.6 Å². The first-order valence-corrected chi connectivity index (χ1v) is 9.10. The van der Waals surface area contributed by atoms with Gasteiger partial charge in [-0.3, -0.25) is 4.79 Å². The molecule has 0 radical (unpaired) electrons. The fourth-order valence-corrected chi connectivity index (χ4v) is 4.37. The lowest BCUT2D eigenvalue weighted by Gasteiger charge is -2.34. The van der Waals surface area contributed by atoms with Crippen LogP contribution in [0, 0.1) is 29.3 Å². The van der Waals surface area contributed by atoms with Gasteiger partial charge in [0.1, 0.15) is 4.90 Å². The van der Waals surface area contributed by atoms with Crippen molar-refractivity contribution in [2.24, 2.45) is 11.8 Å². The van der Waals surface area contributed by atoms with Crippen molar-refractivity contribution >= 4 is 15.9 Å². The maximum Gasteiger partial charge on any atom is 0.246 e. The van der Waals surface area contributed by atoms with E-state index in [1.807, 2.05) is 6.92 Å². The first kappa shape index (κ1) is 17.2. The Labute approximate surface area is 138 Å². The van der Waals surface area contributed by atoms with Crippen LogP contribution in [-0.2, 0) is 14.8 Å². The van der Waals surface area contributed by atoms with E-state index >= 15 is 0 Å². The van der Waals surface area contributed by atoms with E-state index < -0.39 is 32.4 Å². The first-order chi connectivity index (χ1) is 11.2. The molecule has 2 fully saturated rings. The number of hydrogen-bond acceptors (Lipinski definition) is 3. The largest absolute Gasteiger partial charge is 0.340 e. The molecule has 2 aliphatic rings. The van der Waals surface area contributed by atoms with Crippen LogP contribution in [0.2, 0.25) is 0 Å². The van der Waals surface area contributed by atoms with Crippen molar-refractivity contribution in [2.45, 2.75) is 18.2 Å². The van der Waals surface area contributed by atoms with Crippen molar-refractivity contribution in [3.63, 3.8) is 0 Å². The fourth-order valence-electron chi connectivity index (χ4n) is 2.90. The molecule has 0 unspecified atom stereocenters. The number of halogens is 3. The summed E-state index contributed by atoms with van der Waals surface area (Å²) in [5, 5.41) is 0. The van der Waals surface area contributed by atoms with Gasteiger partial charge in [0.05, 0.1) is 0 Å². The van der Waals surface area contributed by atoms with Gasteiger partial charge in [0.15, 0.2) is 17.5 Å². The summed E-state index contributed by atoms with van der Waals surface area (Å²) in [5.74, 6) is -4.60. The lowest BCUT2D eigenvalue weighted by atomic mass is 10.2. The molecule has 1 aliphatic carbocycles. The predicted octanol–water partition coefficient (Wildman–Crippen LogP) is 1.59. The minimum absolute atomic E-state index is 0.00634. The summed E-state index contributed by atoms with van der Waals surface area (Å²) in [5.41, 5.74) is 0. The summed E-state index contributed by atoms with van der Waals surface area (Å²) in [6.07, 6.45) is 0.845. The minimum Gasteiger partial charge on any atom is -0.340 e. The molecule has 1 saturated carbocycles. The molecule has 1 aromatic carbocycles. The lowest BCUT2D eigenvalue weighted by molar-refractivity contribution is -0.134. The van der Waals surface area contributed by atoms with Crippen molar-refractivity contribution in [1.82, 2.24) is 9.21 Å². The van der Waals surface area contributed by atoms with E-state index in [-0.39, 0.29) is 38.0 Å². The third-order valence-corrected chi connectivity index (χ3v) is 6.51. The number of rotatable bonds is 3. The fraction of sp³-hybridized carbons (Fsp3) is 0.533. The van der Waals surface area contributed by atoms with Crippen molar-refractivity contribution in [1.29, 1.82) is 0 Å². The topological polar surface area (TPSA) is 57.7 Å². The molecular formula is C15H17F3N2O3S. The Kier molecular flexibility index (Phi) is 4.33. The zero-order valence-corrected chi connectivity index (χ0v) is 13.8. The Morgan fingerprint density at radius 3 is 2.21 bits per heavy atom. The predicted molar refractivity (Wildman–Crippen MR) is 78.9 cm³/mol. The Hall–Kier alpha value is -1.61. The Morgan fingerprint density at radius 1 is 1.08 bits per heavy atom. The second kappa shape index (κ2) is 6.03. The third kappa shape index (κ3) is 2.90. The van der Waals surface area contributed by atoms with Crippen LogP contribution < -0.4 is 0 Å². The number of carbonyl (C=O) groups excluding carboxylic acids is 1. The maximum atomic E-state index is 13.8. The second-order valence-electron chi connectivity index (χ2n) is 6.22.